The van der Waals surface area contributed by atoms with Crippen LogP contribution in [0.5, 0.6) is 11.5 Å². The summed E-state index contributed by atoms with van der Waals surface area (Å²) in [5.41, 5.74) is 6.54. The van der Waals surface area contributed by atoms with Gasteiger partial charge in [-0.2, -0.15) is 5.10 Å². The van der Waals surface area contributed by atoms with Crippen LogP contribution in [-0.4, -0.2) is 23.0 Å². The predicted molar refractivity (Wildman–Crippen MR) is 102 cm³/mol. The second-order valence-electron chi connectivity index (χ2n) is 5.20. The van der Waals surface area contributed by atoms with Crippen LogP contribution in [0.4, 0.5) is 5.69 Å². The van der Waals surface area contributed by atoms with Crippen molar-refractivity contribution < 1.29 is 9.84 Å². The Morgan fingerprint density at radius 1 is 1.25 bits per heavy atom. The molecule has 0 amide bonds. The van der Waals surface area contributed by atoms with Gasteiger partial charge in [-0.15, -0.1) is 0 Å². The monoisotopic (exact) mass is 343 g/mol. The Hall–Kier alpha value is -2.60. The molecule has 0 aliphatic rings. The van der Waals surface area contributed by atoms with Gasteiger partial charge in [0.2, 0.25) is 0 Å². The van der Waals surface area contributed by atoms with Crippen molar-refractivity contribution in [3.63, 3.8) is 0 Å². The zero-order valence-electron chi connectivity index (χ0n) is 14.0. The molecule has 6 heteroatoms. The van der Waals surface area contributed by atoms with Gasteiger partial charge >= 0.3 is 0 Å². The average molecular weight is 343 g/mol. The van der Waals surface area contributed by atoms with Crippen molar-refractivity contribution in [2.24, 2.45) is 5.10 Å². The Labute approximate surface area is 147 Å². The molecule has 0 aliphatic heterocycles. The van der Waals surface area contributed by atoms with Crippen LogP contribution in [0.15, 0.2) is 41.5 Å². The number of aromatic hydroxyl groups is 1. The Kier molecular flexibility index (Phi) is 6.14. The van der Waals surface area contributed by atoms with Gasteiger partial charge in [0, 0.05) is 11.3 Å². The minimum absolute atomic E-state index is 0.0540. The number of thiocarbonyl (C=S) groups is 1. The van der Waals surface area contributed by atoms with E-state index in [-0.39, 0.29) is 5.75 Å². The molecule has 0 radical (unpaired) electrons. The Balaban J connectivity index is 2.00. The third-order valence-corrected chi connectivity index (χ3v) is 3.75. The first-order valence-electron chi connectivity index (χ1n) is 7.64. The molecule has 0 fully saturated rings. The van der Waals surface area contributed by atoms with Gasteiger partial charge in [-0.3, -0.25) is 5.43 Å². The van der Waals surface area contributed by atoms with Gasteiger partial charge in [0.1, 0.15) is 0 Å². The van der Waals surface area contributed by atoms with Gasteiger partial charge in [0.15, 0.2) is 16.6 Å². The molecule has 0 bridgehead atoms. The van der Waals surface area contributed by atoms with Crippen LogP contribution in [0, 0.1) is 13.8 Å². The van der Waals surface area contributed by atoms with Crippen molar-refractivity contribution in [2.75, 3.05) is 11.9 Å². The summed E-state index contributed by atoms with van der Waals surface area (Å²) in [6.45, 7) is 6.42. The minimum Gasteiger partial charge on any atom is -0.504 e. The van der Waals surface area contributed by atoms with E-state index in [1.165, 1.54) is 11.8 Å². The average Bonchev–Trinajstić information content (AvgIpc) is 2.55. The molecule has 2 rings (SSSR count). The predicted octanol–water partition coefficient (Wildman–Crippen LogP) is 3.73. The van der Waals surface area contributed by atoms with E-state index >= 15 is 0 Å². The highest BCUT2D eigenvalue weighted by molar-refractivity contribution is 7.80. The van der Waals surface area contributed by atoms with E-state index in [0.29, 0.717) is 23.0 Å². The van der Waals surface area contributed by atoms with E-state index < -0.39 is 0 Å². The molecule has 2 aromatic carbocycles. The first-order chi connectivity index (χ1) is 11.5. The lowest BCUT2D eigenvalue weighted by atomic mass is 10.1. The fraction of sp³-hybridized carbons (Fsp3) is 0.222. The van der Waals surface area contributed by atoms with Crippen molar-refractivity contribution in [1.82, 2.24) is 5.43 Å². The lowest BCUT2D eigenvalue weighted by Gasteiger charge is -2.11. The first kappa shape index (κ1) is 17.7. The largest absolute Gasteiger partial charge is 0.504 e. The third-order valence-electron chi connectivity index (χ3n) is 3.55. The number of nitrogens with one attached hydrogen (secondary N) is 2. The number of benzene rings is 2. The zero-order chi connectivity index (χ0) is 17.5. The van der Waals surface area contributed by atoms with Crippen LogP contribution < -0.4 is 15.5 Å². The van der Waals surface area contributed by atoms with E-state index in [9.17, 15) is 5.11 Å². The molecule has 24 heavy (non-hydrogen) atoms. The molecule has 126 valence electrons. The van der Waals surface area contributed by atoms with E-state index in [0.717, 1.165) is 11.3 Å². The van der Waals surface area contributed by atoms with Crippen molar-refractivity contribution >= 4 is 29.2 Å². The molecule has 0 aliphatic carbocycles. The smallest absolute Gasteiger partial charge is 0.191 e. The van der Waals surface area contributed by atoms with Crippen LogP contribution in [0.2, 0.25) is 0 Å². The highest BCUT2D eigenvalue weighted by Crippen LogP contribution is 2.28. The van der Waals surface area contributed by atoms with Gasteiger partial charge in [-0.05, 0) is 62.3 Å². The fourth-order valence-corrected chi connectivity index (χ4v) is 2.28. The zero-order valence-corrected chi connectivity index (χ0v) is 14.8. The van der Waals surface area contributed by atoms with Crippen LogP contribution in [0.3, 0.4) is 0 Å². The summed E-state index contributed by atoms with van der Waals surface area (Å²) in [6, 6.07) is 11.2. The minimum atomic E-state index is 0.0540. The molecule has 0 saturated heterocycles. The van der Waals surface area contributed by atoms with Crippen LogP contribution in [0.1, 0.15) is 23.6 Å². The topological polar surface area (TPSA) is 65.9 Å². The quantitative estimate of drug-likeness (QED) is 0.439. The molecule has 0 saturated carbocycles. The number of nitrogens with zero attached hydrogens (tertiary/aromatic N) is 1. The summed E-state index contributed by atoms with van der Waals surface area (Å²) in [7, 11) is 0. The molecule has 3 N–H and O–H groups in total. The number of hydrogen-bond acceptors (Lipinski definition) is 4. The summed E-state index contributed by atoms with van der Waals surface area (Å²) in [5, 5.41) is 17.6. The Morgan fingerprint density at radius 3 is 2.75 bits per heavy atom. The summed E-state index contributed by atoms with van der Waals surface area (Å²) < 4.78 is 5.34. The van der Waals surface area contributed by atoms with Gasteiger partial charge < -0.3 is 15.2 Å². The summed E-state index contributed by atoms with van der Waals surface area (Å²) >= 11 is 5.23. The molecular formula is C18H21N3O2S. The maximum Gasteiger partial charge on any atom is 0.191 e. The van der Waals surface area contributed by atoms with E-state index in [4.69, 9.17) is 17.0 Å². The Bertz CT molecular complexity index is 760. The number of phenolic OH excluding ortho intramolecular Hbond substituents is 1. The second kappa shape index (κ2) is 8.31. The maximum absolute atomic E-state index is 10.1. The molecule has 0 unspecified atom stereocenters. The highest BCUT2D eigenvalue weighted by atomic mass is 32.1. The fourth-order valence-electron chi connectivity index (χ4n) is 2.11. The molecule has 0 aromatic heterocycles. The lowest BCUT2D eigenvalue weighted by molar-refractivity contribution is 0.318. The summed E-state index contributed by atoms with van der Waals surface area (Å²) in [4.78, 5) is 0. The number of phenols is 1. The number of anilines is 1. The molecular weight excluding hydrogens is 322 g/mol. The molecule has 0 heterocycles. The van der Waals surface area contributed by atoms with Crippen LogP contribution >= 0.6 is 12.2 Å². The normalized spacial score (nSPS) is 10.6. The van der Waals surface area contributed by atoms with Gasteiger partial charge in [-0.25, -0.2) is 0 Å². The highest BCUT2D eigenvalue weighted by Gasteiger charge is 2.06. The number of hydrazone groups is 1. The van der Waals surface area contributed by atoms with Gasteiger partial charge in [0.05, 0.1) is 12.8 Å². The van der Waals surface area contributed by atoms with Crippen LogP contribution in [-0.2, 0) is 0 Å². The molecule has 2 aromatic rings. The summed E-state index contributed by atoms with van der Waals surface area (Å²) in [6.07, 6.45) is 1.49. The molecule has 5 nitrogen and oxygen atoms in total. The number of rotatable bonds is 5. The van der Waals surface area contributed by atoms with E-state index in [1.54, 1.807) is 18.2 Å². The Morgan fingerprint density at radius 2 is 2.00 bits per heavy atom. The van der Waals surface area contributed by atoms with Crippen molar-refractivity contribution in [1.29, 1.82) is 0 Å². The van der Waals surface area contributed by atoms with Gasteiger partial charge in [-0.1, -0.05) is 18.2 Å². The van der Waals surface area contributed by atoms with E-state index in [2.05, 4.69) is 15.8 Å². The lowest BCUT2D eigenvalue weighted by Crippen LogP contribution is -2.24. The number of ether oxygens (including phenoxy) is 1. The summed E-state index contributed by atoms with van der Waals surface area (Å²) in [5.74, 6) is 0.482. The van der Waals surface area contributed by atoms with Crippen LogP contribution in [0.25, 0.3) is 0 Å². The first-order valence-corrected chi connectivity index (χ1v) is 8.04. The van der Waals surface area contributed by atoms with Crippen molar-refractivity contribution in [2.45, 2.75) is 20.8 Å². The van der Waals surface area contributed by atoms with Gasteiger partial charge in [0.25, 0.3) is 0 Å². The number of para-hydroxylation sites is 1. The number of aryl methyl sites for hydroxylation is 1. The maximum atomic E-state index is 10.1. The molecule has 0 atom stereocenters. The van der Waals surface area contributed by atoms with Crippen molar-refractivity contribution in [3.8, 4) is 11.5 Å². The second-order valence-corrected chi connectivity index (χ2v) is 5.61. The van der Waals surface area contributed by atoms with E-state index in [1.807, 2.05) is 39.0 Å². The number of hydrogen-bond donors (Lipinski definition) is 3. The van der Waals surface area contributed by atoms with Crippen molar-refractivity contribution in [3.05, 3.63) is 53.1 Å². The standard InChI is InChI=1S/C18H21N3O2S/c1-4-23-16-10-6-8-14(17(16)22)11-19-21-18(24)20-15-9-5-7-12(2)13(15)3/h5-11,22H,4H2,1-3H3,(H2,20,21,24)/b19-11+. The molecule has 0 spiro atoms. The third kappa shape index (κ3) is 4.45. The SMILES string of the molecule is CCOc1cccc(/C=N/NC(=S)Nc2cccc(C)c2C)c1O.